The van der Waals surface area contributed by atoms with Crippen molar-refractivity contribution in [1.29, 1.82) is 0 Å². The fraction of sp³-hybridized carbons (Fsp3) is 0.0400. The van der Waals surface area contributed by atoms with Crippen LogP contribution in [0.5, 0.6) is 5.75 Å². The van der Waals surface area contributed by atoms with Gasteiger partial charge in [0.05, 0.1) is 18.1 Å². The molecule has 3 aromatic carbocycles. The van der Waals surface area contributed by atoms with E-state index in [1.54, 1.807) is 7.11 Å². The number of methoxy groups -OCH3 is 1. The lowest BCUT2D eigenvalue weighted by atomic mass is 9.93. The second-order valence-electron chi connectivity index (χ2n) is 6.66. The first kappa shape index (κ1) is 16.5. The molecule has 0 atom stereocenters. The Labute approximate surface area is 163 Å². The SMILES string of the molecule is COc1ccc(-c2ccc(-c3cccc4ncccc34)c3ncccc23)cc1. The zero-order valence-electron chi connectivity index (χ0n) is 15.5. The van der Waals surface area contributed by atoms with Crippen molar-refractivity contribution in [2.45, 2.75) is 0 Å². The number of rotatable bonds is 3. The van der Waals surface area contributed by atoms with E-state index < -0.39 is 0 Å². The Kier molecular flexibility index (Phi) is 3.99. The molecule has 3 heteroatoms. The maximum Gasteiger partial charge on any atom is 0.118 e. The van der Waals surface area contributed by atoms with Crippen LogP contribution >= 0.6 is 0 Å². The molecule has 0 radical (unpaired) electrons. The van der Waals surface area contributed by atoms with Crippen LogP contribution in [0.2, 0.25) is 0 Å². The van der Waals surface area contributed by atoms with Gasteiger partial charge in [-0.15, -0.1) is 0 Å². The van der Waals surface area contributed by atoms with Gasteiger partial charge < -0.3 is 4.74 Å². The van der Waals surface area contributed by atoms with Crippen LogP contribution in [0.15, 0.2) is 91.3 Å². The van der Waals surface area contributed by atoms with Crippen LogP contribution in [-0.4, -0.2) is 17.1 Å². The van der Waals surface area contributed by atoms with Crippen LogP contribution in [0.4, 0.5) is 0 Å². The van der Waals surface area contributed by atoms with Crippen molar-refractivity contribution in [1.82, 2.24) is 9.97 Å². The summed E-state index contributed by atoms with van der Waals surface area (Å²) in [5.74, 6) is 0.853. The normalized spacial score (nSPS) is 11.0. The average Bonchev–Trinajstić information content (AvgIpc) is 2.78. The molecule has 0 saturated heterocycles. The van der Waals surface area contributed by atoms with Crippen LogP contribution in [0.1, 0.15) is 0 Å². The van der Waals surface area contributed by atoms with Crippen molar-refractivity contribution >= 4 is 21.8 Å². The quantitative estimate of drug-likeness (QED) is 0.387. The molecule has 0 aliphatic heterocycles. The van der Waals surface area contributed by atoms with Crippen LogP contribution in [0.25, 0.3) is 44.1 Å². The highest BCUT2D eigenvalue weighted by atomic mass is 16.5. The Morgan fingerprint density at radius 3 is 2.18 bits per heavy atom. The lowest BCUT2D eigenvalue weighted by molar-refractivity contribution is 0.415. The number of ether oxygens (including phenoxy) is 1. The number of pyridine rings is 2. The fourth-order valence-corrected chi connectivity index (χ4v) is 3.75. The number of fused-ring (bicyclic) bond motifs is 2. The van der Waals surface area contributed by atoms with E-state index in [1.807, 2.05) is 42.7 Å². The Bertz CT molecular complexity index is 1290. The Morgan fingerprint density at radius 1 is 0.607 bits per heavy atom. The van der Waals surface area contributed by atoms with Gasteiger partial charge in [-0.3, -0.25) is 9.97 Å². The molecule has 0 unspecified atom stereocenters. The summed E-state index contributed by atoms with van der Waals surface area (Å²) in [4.78, 5) is 9.24. The van der Waals surface area contributed by atoms with Gasteiger partial charge in [-0.2, -0.15) is 0 Å². The summed E-state index contributed by atoms with van der Waals surface area (Å²) >= 11 is 0. The predicted octanol–water partition coefficient (Wildman–Crippen LogP) is 6.13. The molecule has 0 N–H and O–H groups in total. The number of aromatic nitrogens is 2. The van der Waals surface area contributed by atoms with E-state index in [0.717, 1.165) is 49.8 Å². The van der Waals surface area contributed by atoms with Crippen molar-refractivity contribution in [3.63, 3.8) is 0 Å². The van der Waals surface area contributed by atoms with E-state index in [-0.39, 0.29) is 0 Å². The molecule has 5 rings (SSSR count). The minimum absolute atomic E-state index is 0.853. The zero-order chi connectivity index (χ0) is 18.9. The van der Waals surface area contributed by atoms with E-state index >= 15 is 0 Å². The molecule has 0 bridgehead atoms. The van der Waals surface area contributed by atoms with Crippen molar-refractivity contribution in [2.24, 2.45) is 0 Å². The van der Waals surface area contributed by atoms with E-state index in [1.165, 1.54) is 0 Å². The van der Waals surface area contributed by atoms with E-state index in [0.29, 0.717) is 0 Å². The van der Waals surface area contributed by atoms with Gasteiger partial charge >= 0.3 is 0 Å². The standard InChI is InChI=1S/C25H18N2O/c1-28-18-11-9-17(10-12-18)19-13-14-23(25-22(19)7-4-16-27-25)20-5-2-8-24-21(20)6-3-15-26-24/h2-16H,1H3. The molecular formula is C25H18N2O. The van der Waals surface area contributed by atoms with Gasteiger partial charge in [-0.05, 0) is 47.0 Å². The highest BCUT2D eigenvalue weighted by Gasteiger charge is 2.12. The maximum absolute atomic E-state index is 5.29. The van der Waals surface area contributed by atoms with E-state index in [4.69, 9.17) is 9.72 Å². The third-order valence-corrected chi connectivity index (χ3v) is 5.11. The predicted molar refractivity (Wildman–Crippen MR) is 114 cm³/mol. The van der Waals surface area contributed by atoms with E-state index in [9.17, 15) is 0 Å². The third-order valence-electron chi connectivity index (χ3n) is 5.11. The zero-order valence-corrected chi connectivity index (χ0v) is 15.5. The Balaban J connectivity index is 1.76. The van der Waals surface area contributed by atoms with Crippen molar-refractivity contribution < 1.29 is 4.74 Å². The molecule has 5 aromatic rings. The fourth-order valence-electron chi connectivity index (χ4n) is 3.75. The lowest BCUT2D eigenvalue weighted by Gasteiger charge is -2.13. The maximum atomic E-state index is 5.29. The molecule has 0 saturated carbocycles. The minimum atomic E-state index is 0.853. The topological polar surface area (TPSA) is 35.0 Å². The van der Waals surface area contributed by atoms with Gasteiger partial charge in [0.15, 0.2) is 0 Å². The number of hydrogen-bond acceptors (Lipinski definition) is 3. The first-order chi connectivity index (χ1) is 13.8. The Hall–Kier alpha value is -3.72. The highest BCUT2D eigenvalue weighted by molar-refractivity contribution is 6.07. The third kappa shape index (κ3) is 2.69. The highest BCUT2D eigenvalue weighted by Crippen LogP contribution is 2.37. The summed E-state index contributed by atoms with van der Waals surface area (Å²) < 4.78 is 5.29. The molecule has 0 fully saturated rings. The largest absolute Gasteiger partial charge is 0.497 e. The first-order valence-electron chi connectivity index (χ1n) is 9.21. The molecule has 0 aliphatic rings. The molecule has 0 aliphatic carbocycles. The van der Waals surface area contributed by atoms with Gasteiger partial charge in [0.25, 0.3) is 0 Å². The van der Waals surface area contributed by atoms with Crippen LogP contribution in [-0.2, 0) is 0 Å². The van der Waals surface area contributed by atoms with E-state index in [2.05, 4.69) is 53.5 Å². The molecular weight excluding hydrogens is 344 g/mol. The number of nitrogens with zero attached hydrogens (tertiary/aromatic N) is 2. The Morgan fingerprint density at radius 2 is 1.36 bits per heavy atom. The second kappa shape index (κ2) is 6.78. The molecule has 134 valence electrons. The summed E-state index contributed by atoms with van der Waals surface area (Å²) in [7, 11) is 1.68. The number of hydrogen-bond donors (Lipinski definition) is 0. The van der Waals surface area contributed by atoms with Crippen LogP contribution in [0.3, 0.4) is 0 Å². The lowest BCUT2D eigenvalue weighted by Crippen LogP contribution is -1.90. The molecule has 0 spiro atoms. The number of benzene rings is 3. The van der Waals surface area contributed by atoms with Gasteiger partial charge in [0.2, 0.25) is 0 Å². The summed E-state index contributed by atoms with van der Waals surface area (Å²) in [6.07, 6.45) is 3.68. The van der Waals surface area contributed by atoms with Gasteiger partial charge in [0, 0.05) is 28.7 Å². The summed E-state index contributed by atoms with van der Waals surface area (Å²) in [6.45, 7) is 0. The van der Waals surface area contributed by atoms with Gasteiger partial charge in [0.1, 0.15) is 5.75 Å². The van der Waals surface area contributed by atoms with Gasteiger partial charge in [-0.1, -0.05) is 48.5 Å². The summed E-state index contributed by atoms with van der Waals surface area (Å²) in [5, 5.41) is 2.26. The molecule has 3 nitrogen and oxygen atoms in total. The summed E-state index contributed by atoms with van der Waals surface area (Å²) in [6, 6.07) is 26.9. The monoisotopic (exact) mass is 362 g/mol. The van der Waals surface area contributed by atoms with Crippen molar-refractivity contribution in [3.05, 3.63) is 91.3 Å². The second-order valence-corrected chi connectivity index (χ2v) is 6.66. The van der Waals surface area contributed by atoms with Crippen LogP contribution < -0.4 is 4.74 Å². The van der Waals surface area contributed by atoms with Crippen molar-refractivity contribution in [2.75, 3.05) is 7.11 Å². The molecule has 2 aromatic heterocycles. The summed E-state index contributed by atoms with van der Waals surface area (Å²) in [5.41, 5.74) is 6.55. The molecule has 0 amide bonds. The van der Waals surface area contributed by atoms with Crippen molar-refractivity contribution in [3.8, 4) is 28.0 Å². The smallest absolute Gasteiger partial charge is 0.118 e. The van der Waals surface area contributed by atoms with Gasteiger partial charge in [-0.25, -0.2) is 0 Å². The molecule has 2 heterocycles. The average molecular weight is 362 g/mol. The molecule has 28 heavy (non-hydrogen) atoms. The first-order valence-corrected chi connectivity index (χ1v) is 9.21. The minimum Gasteiger partial charge on any atom is -0.497 e. The van der Waals surface area contributed by atoms with Crippen LogP contribution in [0, 0.1) is 0 Å².